The van der Waals surface area contributed by atoms with Gasteiger partial charge in [0.15, 0.2) is 0 Å². The van der Waals surface area contributed by atoms with Gasteiger partial charge in [0.25, 0.3) is 0 Å². The summed E-state index contributed by atoms with van der Waals surface area (Å²) in [5, 5.41) is 0.303. The Morgan fingerprint density at radius 1 is 1.12 bits per heavy atom. The van der Waals surface area contributed by atoms with E-state index in [-0.39, 0.29) is 20.2 Å². The van der Waals surface area contributed by atoms with Crippen LogP contribution in [0.4, 0.5) is 10.1 Å². The molecular formula is C24H26ClFN2O3S. The largest absolute Gasteiger partial charge is 0.369 e. The second-order valence-corrected chi connectivity index (χ2v) is 11.1. The molecular weight excluding hydrogens is 451 g/mol. The molecule has 0 N–H and O–H groups in total. The molecule has 2 heterocycles. The number of piperidine rings is 1. The van der Waals surface area contributed by atoms with Crippen molar-refractivity contribution >= 4 is 38.0 Å². The first-order chi connectivity index (χ1) is 15.1. The number of sulfone groups is 1. The van der Waals surface area contributed by atoms with E-state index < -0.39 is 21.1 Å². The van der Waals surface area contributed by atoms with Crippen LogP contribution in [-0.4, -0.2) is 26.1 Å². The van der Waals surface area contributed by atoms with Gasteiger partial charge < -0.3 is 9.47 Å². The number of pyridine rings is 1. The van der Waals surface area contributed by atoms with Crippen LogP contribution in [0.3, 0.4) is 0 Å². The minimum absolute atomic E-state index is 0.0503. The third kappa shape index (κ3) is 4.04. The Morgan fingerprint density at radius 2 is 1.81 bits per heavy atom. The van der Waals surface area contributed by atoms with Crippen LogP contribution >= 0.6 is 11.6 Å². The molecule has 170 valence electrons. The molecule has 0 saturated carbocycles. The van der Waals surface area contributed by atoms with Crippen molar-refractivity contribution in [1.29, 1.82) is 0 Å². The zero-order chi connectivity index (χ0) is 23.2. The Bertz CT molecular complexity index is 1340. The lowest BCUT2D eigenvalue weighted by atomic mass is 9.91. The van der Waals surface area contributed by atoms with Crippen LogP contribution < -0.4 is 10.3 Å². The fourth-order valence-electron chi connectivity index (χ4n) is 4.69. The number of rotatable bonds is 4. The second kappa shape index (κ2) is 8.52. The predicted octanol–water partition coefficient (Wildman–Crippen LogP) is 5.13. The third-order valence-electron chi connectivity index (χ3n) is 6.06. The van der Waals surface area contributed by atoms with Gasteiger partial charge >= 0.3 is 0 Å². The van der Waals surface area contributed by atoms with Crippen molar-refractivity contribution in [2.45, 2.75) is 43.5 Å². The van der Waals surface area contributed by atoms with Crippen LogP contribution in [0.1, 0.15) is 27.2 Å². The minimum atomic E-state index is -4.12. The van der Waals surface area contributed by atoms with E-state index in [1.807, 2.05) is 11.8 Å². The van der Waals surface area contributed by atoms with Gasteiger partial charge in [-0.3, -0.25) is 4.79 Å². The van der Waals surface area contributed by atoms with Gasteiger partial charge in [-0.1, -0.05) is 31.5 Å². The normalized spacial score (nSPS) is 19.5. The van der Waals surface area contributed by atoms with Crippen LogP contribution in [0.2, 0.25) is 5.02 Å². The molecule has 1 saturated heterocycles. The molecule has 2 aromatic carbocycles. The van der Waals surface area contributed by atoms with Crippen molar-refractivity contribution in [3.05, 3.63) is 63.7 Å². The van der Waals surface area contributed by atoms with Crippen LogP contribution in [-0.2, 0) is 16.4 Å². The molecule has 8 heteroatoms. The summed E-state index contributed by atoms with van der Waals surface area (Å²) in [7, 11) is -4.12. The maximum atomic E-state index is 15.2. The summed E-state index contributed by atoms with van der Waals surface area (Å²) in [6.07, 6.45) is 2.44. The van der Waals surface area contributed by atoms with Gasteiger partial charge in [0.1, 0.15) is 10.7 Å². The molecule has 4 rings (SSSR count). The van der Waals surface area contributed by atoms with E-state index in [9.17, 15) is 13.2 Å². The van der Waals surface area contributed by atoms with E-state index in [2.05, 4.69) is 13.8 Å². The molecule has 0 bridgehead atoms. The number of hydrogen-bond donors (Lipinski definition) is 0. The van der Waals surface area contributed by atoms with E-state index in [1.54, 1.807) is 16.7 Å². The number of aromatic nitrogens is 1. The highest BCUT2D eigenvalue weighted by atomic mass is 35.5. The number of benzene rings is 2. The van der Waals surface area contributed by atoms with Crippen molar-refractivity contribution in [2.75, 3.05) is 18.0 Å². The molecule has 1 fully saturated rings. The van der Waals surface area contributed by atoms with Gasteiger partial charge in [0.05, 0.1) is 21.5 Å². The third-order valence-corrected chi connectivity index (χ3v) is 8.04. The van der Waals surface area contributed by atoms with Crippen LogP contribution in [0.25, 0.3) is 10.9 Å². The number of anilines is 1. The van der Waals surface area contributed by atoms with Gasteiger partial charge in [-0.2, -0.15) is 0 Å². The molecule has 5 nitrogen and oxygen atoms in total. The van der Waals surface area contributed by atoms with Crippen molar-refractivity contribution in [1.82, 2.24) is 4.57 Å². The monoisotopic (exact) mass is 476 g/mol. The van der Waals surface area contributed by atoms with Gasteiger partial charge in [-0.25, -0.2) is 12.8 Å². The first-order valence-electron chi connectivity index (χ1n) is 10.7. The molecule has 0 spiro atoms. The zero-order valence-corrected chi connectivity index (χ0v) is 19.9. The molecule has 1 aromatic heterocycles. The summed E-state index contributed by atoms with van der Waals surface area (Å²) < 4.78 is 43.3. The topological polar surface area (TPSA) is 59.4 Å². The van der Waals surface area contributed by atoms with Crippen LogP contribution in [0, 0.1) is 17.7 Å². The molecule has 3 aromatic rings. The standard InChI is InChI=1S/C24H26ClFN2O3S/c1-4-27-14-23(32(30,31)18-7-5-6-17(25)9-18)24(29)19-10-20(26)22(11-21(19)27)28-12-15(2)8-16(3)13-28/h5-7,9-11,14-16H,4,8,12-13H2,1-3H3/t15-,16-/m1/s1. The van der Waals surface area contributed by atoms with Crippen molar-refractivity contribution in [3.63, 3.8) is 0 Å². The van der Waals surface area contributed by atoms with E-state index in [1.165, 1.54) is 30.5 Å². The van der Waals surface area contributed by atoms with E-state index in [0.717, 1.165) is 19.5 Å². The highest BCUT2D eigenvalue weighted by Crippen LogP contribution is 2.31. The average Bonchev–Trinajstić information content (AvgIpc) is 2.73. The first-order valence-corrected chi connectivity index (χ1v) is 12.6. The van der Waals surface area contributed by atoms with E-state index in [0.29, 0.717) is 29.6 Å². The Labute approximate surface area is 192 Å². The summed E-state index contributed by atoms with van der Waals surface area (Å²) in [5.41, 5.74) is 0.253. The van der Waals surface area contributed by atoms with Crippen LogP contribution in [0.15, 0.2) is 57.2 Å². The number of halogens is 2. The quantitative estimate of drug-likeness (QED) is 0.523. The Hall–Kier alpha value is -2.38. The lowest BCUT2D eigenvalue weighted by molar-refractivity contribution is 0.354. The van der Waals surface area contributed by atoms with Gasteiger partial charge in [-0.05, 0) is 55.5 Å². The predicted molar refractivity (Wildman–Crippen MR) is 126 cm³/mol. The highest BCUT2D eigenvalue weighted by Gasteiger charge is 2.27. The SMILES string of the molecule is CCn1cc(S(=O)(=O)c2cccc(Cl)c2)c(=O)c2cc(F)c(N3C[C@H](C)C[C@@H](C)C3)cc21. The Morgan fingerprint density at radius 3 is 2.44 bits per heavy atom. The summed E-state index contributed by atoms with van der Waals surface area (Å²) >= 11 is 5.96. The maximum absolute atomic E-state index is 15.2. The molecule has 32 heavy (non-hydrogen) atoms. The number of nitrogens with zero attached hydrogens (tertiary/aromatic N) is 2. The van der Waals surface area contributed by atoms with E-state index in [4.69, 9.17) is 11.6 Å². The van der Waals surface area contributed by atoms with Crippen molar-refractivity contribution in [2.24, 2.45) is 11.8 Å². The molecule has 0 radical (unpaired) electrons. The summed E-state index contributed by atoms with van der Waals surface area (Å²) in [5.74, 6) is 0.357. The van der Waals surface area contributed by atoms with Crippen LogP contribution in [0.5, 0.6) is 0 Å². The average molecular weight is 477 g/mol. The molecule has 0 amide bonds. The number of hydrogen-bond acceptors (Lipinski definition) is 4. The molecule has 2 atom stereocenters. The lowest BCUT2D eigenvalue weighted by Gasteiger charge is -2.37. The molecule has 0 unspecified atom stereocenters. The summed E-state index contributed by atoms with van der Waals surface area (Å²) in [6.45, 7) is 8.06. The van der Waals surface area contributed by atoms with Crippen molar-refractivity contribution < 1.29 is 12.8 Å². The smallest absolute Gasteiger partial charge is 0.211 e. The minimum Gasteiger partial charge on any atom is -0.369 e. The Kier molecular flexibility index (Phi) is 6.07. The molecule has 1 aliphatic heterocycles. The van der Waals surface area contributed by atoms with Gasteiger partial charge in [-0.15, -0.1) is 0 Å². The van der Waals surface area contributed by atoms with Gasteiger partial charge in [0, 0.05) is 30.9 Å². The number of fused-ring (bicyclic) bond motifs is 1. The number of aryl methyl sites for hydroxylation is 1. The van der Waals surface area contributed by atoms with Crippen molar-refractivity contribution in [3.8, 4) is 0 Å². The van der Waals surface area contributed by atoms with E-state index >= 15 is 4.39 Å². The molecule has 1 aliphatic rings. The zero-order valence-electron chi connectivity index (χ0n) is 18.3. The fraction of sp³-hybridized carbons (Fsp3) is 0.375. The second-order valence-electron chi connectivity index (χ2n) is 8.74. The maximum Gasteiger partial charge on any atom is 0.211 e. The first kappa shape index (κ1) is 22.8. The summed E-state index contributed by atoms with van der Waals surface area (Å²) in [4.78, 5) is 14.8. The fourth-order valence-corrected chi connectivity index (χ4v) is 6.36. The lowest BCUT2D eigenvalue weighted by Crippen LogP contribution is -2.39. The molecule has 0 aliphatic carbocycles. The van der Waals surface area contributed by atoms with Gasteiger partial charge in [0.2, 0.25) is 15.3 Å². The highest BCUT2D eigenvalue weighted by molar-refractivity contribution is 7.91. The Balaban J connectivity index is 1.91. The summed E-state index contributed by atoms with van der Waals surface area (Å²) in [6, 6.07) is 8.63.